The maximum Gasteiger partial charge on any atom is 0.329 e. The summed E-state index contributed by atoms with van der Waals surface area (Å²) >= 11 is 0. The fraction of sp³-hybridized carbons (Fsp3) is 0.182. The van der Waals surface area contributed by atoms with Crippen molar-refractivity contribution in [1.29, 1.82) is 0 Å². The van der Waals surface area contributed by atoms with Crippen molar-refractivity contribution in [3.8, 4) is 0 Å². The molecule has 0 aliphatic heterocycles. The standard InChI is InChI=1S/C22H22N6O2/c1-27-19-18(20(29)25-22(27)30)28(14-8-13-16-9-4-2-5-10-16)21(24-19)26-23-15-17-11-6-3-7-12-17/h2-7,9-12,15H,8,13-14H2,1H3,(H,24,26)(H,25,29,30). The van der Waals surface area contributed by atoms with E-state index < -0.39 is 11.2 Å². The molecule has 8 nitrogen and oxygen atoms in total. The Kier molecular flexibility index (Phi) is 5.56. The molecule has 0 aliphatic rings. The number of aryl methyl sites for hydroxylation is 3. The number of H-pyrrole nitrogens is 1. The third kappa shape index (κ3) is 4.07. The summed E-state index contributed by atoms with van der Waals surface area (Å²) in [5, 5.41) is 4.26. The van der Waals surface area contributed by atoms with Crippen LogP contribution in [-0.2, 0) is 20.0 Å². The average molecular weight is 402 g/mol. The smallest absolute Gasteiger partial charge is 0.303 e. The number of hydrazone groups is 1. The highest BCUT2D eigenvalue weighted by molar-refractivity contribution is 5.80. The van der Waals surface area contributed by atoms with Crippen molar-refractivity contribution in [3.05, 3.63) is 92.6 Å². The number of rotatable bonds is 7. The molecule has 0 amide bonds. The normalized spacial score (nSPS) is 11.4. The van der Waals surface area contributed by atoms with Crippen molar-refractivity contribution < 1.29 is 0 Å². The summed E-state index contributed by atoms with van der Waals surface area (Å²) in [7, 11) is 1.58. The topological polar surface area (TPSA) is 97.1 Å². The number of benzene rings is 2. The Morgan fingerprint density at radius 3 is 2.50 bits per heavy atom. The maximum atomic E-state index is 12.5. The summed E-state index contributed by atoms with van der Waals surface area (Å²) in [5.74, 6) is 0.414. The van der Waals surface area contributed by atoms with Gasteiger partial charge in [0, 0.05) is 13.6 Å². The van der Waals surface area contributed by atoms with Gasteiger partial charge in [0.05, 0.1) is 6.21 Å². The number of fused-ring (bicyclic) bond motifs is 1. The largest absolute Gasteiger partial charge is 0.329 e. The first kappa shape index (κ1) is 19.4. The Labute approximate surface area is 172 Å². The maximum absolute atomic E-state index is 12.5. The quantitative estimate of drug-likeness (QED) is 0.367. The van der Waals surface area contributed by atoms with E-state index in [-0.39, 0.29) is 0 Å². The van der Waals surface area contributed by atoms with Gasteiger partial charge in [-0.3, -0.25) is 14.3 Å². The van der Waals surface area contributed by atoms with Crippen molar-refractivity contribution in [2.45, 2.75) is 19.4 Å². The lowest BCUT2D eigenvalue weighted by Crippen LogP contribution is -2.29. The first-order valence-corrected chi connectivity index (χ1v) is 9.71. The predicted molar refractivity (Wildman–Crippen MR) is 118 cm³/mol. The van der Waals surface area contributed by atoms with Crippen LogP contribution in [0.5, 0.6) is 0 Å². The van der Waals surface area contributed by atoms with Gasteiger partial charge in [-0.05, 0) is 24.0 Å². The fourth-order valence-electron chi connectivity index (χ4n) is 3.33. The van der Waals surface area contributed by atoms with E-state index in [0.717, 1.165) is 18.4 Å². The van der Waals surface area contributed by atoms with Crippen LogP contribution >= 0.6 is 0 Å². The molecular weight excluding hydrogens is 380 g/mol. The highest BCUT2D eigenvalue weighted by Gasteiger charge is 2.16. The molecule has 8 heteroatoms. The Morgan fingerprint density at radius 2 is 1.77 bits per heavy atom. The number of anilines is 1. The zero-order valence-electron chi connectivity index (χ0n) is 16.6. The van der Waals surface area contributed by atoms with E-state index >= 15 is 0 Å². The van der Waals surface area contributed by atoms with Crippen molar-refractivity contribution in [2.75, 3.05) is 5.43 Å². The first-order chi connectivity index (χ1) is 14.6. The van der Waals surface area contributed by atoms with E-state index in [4.69, 9.17) is 0 Å². The minimum Gasteiger partial charge on any atom is -0.303 e. The van der Waals surface area contributed by atoms with Gasteiger partial charge >= 0.3 is 5.69 Å². The van der Waals surface area contributed by atoms with E-state index in [0.29, 0.717) is 23.7 Å². The lowest BCUT2D eigenvalue weighted by Gasteiger charge is -2.08. The second kappa shape index (κ2) is 8.60. The lowest BCUT2D eigenvalue weighted by atomic mass is 10.1. The van der Waals surface area contributed by atoms with Crippen molar-refractivity contribution in [3.63, 3.8) is 0 Å². The Bertz CT molecular complexity index is 1290. The highest BCUT2D eigenvalue weighted by Crippen LogP contribution is 2.17. The van der Waals surface area contributed by atoms with E-state index in [9.17, 15) is 9.59 Å². The first-order valence-electron chi connectivity index (χ1n) is 9.71. The van der Waals surface area contributed by atoms with E-state index in [1.54, 1.807) is 17.8 Å². The molecule has 2 aromatic carbocycles. The van der Waals surface area contributed by atoms with Crippen molar-refractivity contribution >= 4 is 23.3 Å². The molecule has 0 saturated heterocycles. The number of aromatic nitrogens is 4. The molecule has 30 heavy (non-hydrogen) atoms. The third-order valence-corrected chi connectivity index (χ3v) is 4.87. The zero-order chi connectivity index (χ0) is 20.9. The van der Waals surface area contributed by atoms with Crippen molar-refractivity contribution in [1.82, 2.24) is 19.1 Å². The van der Waals surface area contributed by atoms with Crippen molar-refractivity contribution in [2.24, 2.45) is 12.1 Å². The number of hydrogen-bond donors (Lipinski definition) is 2. The van der Waals surface area contributed by atoms with E-state index in [1.165, 1.54) is 10.1 Å². The number of hydrogen-bond acceptors (Lipinski definition) is 5. The van der Waals surface area contributed by atoms with Crippen LogP contribution in [0.25, 0.3) is 11.2 Å². The summed E-state index contributed by atoms with van der Waals surface area (Å²) in [6.07, 6.45) is 3.34. The number of aromatic amines is 1. The van der Waals surface area contributed by atoms with Gasteiger partial charge in [0.25, 0.3) is 5.56 Å². The highest BCUT2D eigenvalue weighted by atomic mass is 16.2. The van der Waals surface area contributed by atoms with Gasteiger partial charge in [0.2, 0.25) is 5.95 Å². The summed E-state index contributed by atoms with van der Waals surface area (Å²) in [6.45, 7) is 0.551. The van der Waals surface area contributed by atoms with Gasteiger partial charge in [-0.1, -0.05) is 60.7 Å². The molecule has 0 spiro atoms. The summed E-state index contributed by atoms with van der Waals surface area (Å²) < 4.78 is 3.11. The second-order valence-corrected chi connectivity index (χ2v) is 6.95. The molecule has 2 heterocycles. The number of nitrogens with zero attached hydrogens (tertiary/aromatic N) is 4. The van der Waals surface area contributed by atoms with Gasteiger partial charge in [0.15, 0.2) is 11.2 Å². The summed E-state index contributed by atoms with van der Waals surface area (Å²) in [5.41, 5.74) is 4.79. The predicted octanol–water partition coefficient (Wildman–Crippen LogP) is 2.50. The molecule has 0 atom stereocenters. The van der Waals surface area contributed by atoms with Crippen LogP contribution in [0.3, 0.4) is 0 Å². The Balaban J connectivity index is 1.65. The monoisotopic (exact) mass is 402 g/mol. The third-order valence-electron chi connectivity index (χ3n) is 4.87. The summed E-state index contributed by atoms with van der Waals surface area (Å²) in [6, 6.07) is 19.8. The van der Waals surface area contributed by atoms with Crippen LogP contribution in [0.15, 0.2) is 75.4 Å². The molecule has 2 N–H and O–H groups in total. The molecule has 4 rings (SSSR count). The molecule has 2 aromatic heterocycles. The van der Waals surface area contributed by atoms with Crippen LogP contribution in [-0.4, -0.2) is 25.3 Å². The molecule has 0 saturated carbocycles. The SMILES string of the molecule is Cn1c(=O)[nH]c(=O)c2c1nc(NN=Cc1ccccc1)n2CCCc1ccccc1. The van der Waals surface area contributed by atoms with Crippen LogP contribution in [0.4, 0.5) is 5.95 Å². The molecular formula is C22H22N6O2. The average Bonchev–Trinajstić information content (AvgIpc) is 3.13. The molecule has 0 unspecified atom stereocenters. The van der Waals surface area contributed by atoms with Gasteiger partial charge in [0.1, 0.15) is 0 Å². The minimum atomic E-state index is -0.499. The Morgan fingerprint density at radius 1 is 1.07 bits per heavy atom. The minimum absolute atomic E-state index is 0.320. The van der Waals surface area contributed by atoms with Gasteiger partial charge in [-0.25, -0.2) is 10.2 Å². The zero-order valence-corrected chi connectivity index (χ0v) is 16.6. The second-order valence-electron chi connectivity index (χ2n) is 6.95. The fourth-order valence-corrected chi connectivity index (χ4v) is 3.33. The molecule has 4 aromatic rings. The molecule has 152 valence electrons. The lowest BCUT2D eigenvalue weighted by molar-refractivity contribution is 0.659. The molecule has 0 radical (unpaired) electrons. The van der Waals surface area contributed by atoms with Crippen LogP contribution in [0.1, 0.15) is 17.5 Å². The summed E-state index contributed by atoms with van der Waals surface area (Å²) in [4.78, 5) is 31.3. The molecule has 0 aliphatic carbocycles. The van der Waals surface area contributed by atoms with E-state index in [1.807, 2.05) is 48.5 Å². The van der Waals surface area contributed by atoms with Crippen LogP contribution < -0.4 is 16.7 Å². The van der Waals surface area contributed by atoms with E-state index in [2.05, 4.69) is 32.6 Å². The molecule has 0 fully saturated rings. The number of nitrogens with one attached hydrogen (secondary N) is 2. The molecule has 0 bridgehead atoms. The number of imidazole rings is 1. The Hall–Kier alpha value is -3.94. The van der Waals surface area contributed by atoms with Crippen LogP contribution in [0.2, 0.25) is 0 Å². The van der Waals surface area contributed by atoms with Gasteiger partial charge in [-0.2, -0.15) is 10.1 Å². The van der Waals surface area contributed by atoms with Gasteiger partial charge in [-0.15, -0.1) is 0 Å². The van der Waals surface area contributed by atoms with Crippen LogP contribution in [0, 0.1) is 0 Å². The van der Waals surface area contributed by atoms with Gasteiger partial charge < -0.3 is 4.57 Å².